The molecule has 2 aromatic rings. The summed E-state index contributed by atoms with van der Waals surface area (Å²) in [6, 6.07) is 4.04. The third-order valence-corrected chi connectivity index (χ3v) is 5.59. The molecular formula is C19H21NO5. The molecule has 2 atom stereocenters. The summed E-state index contributed by atoms with van der Waals surface area (Å²) in [6.07, 6.45) is 1.86. The van der Waals surface area contributed by atoms with Crippen LogP contribution in [0.2, 0.25) is 0 Å². The molecule has 2 aliphatic heterocycles. The van der Waals surface area contributed by atoms with E-state index in [9.17, 15) is 14.7 Å². The largest absolute Gasteiger partial charge is 0.481 e. The number of furan rings is 1. The first kappa shape index (κ1) is 16.1. The van der Waals surface area contributed by atoms with Gasteiger partial charge in [-0.1, -0.05) is 6.07 Å². The molecule has 0 saturated carbocycles. The van der Waals surface area contributed by atoms with E-state index in [1.54, 1.807) is 11.2 Å². The van der Waals surface area contributed by atoms with Crippen LogP contribution in [-0.4, -0.2) is 48.2 Å². The Morgan fingerprint density at radius 1 is 1.36 bits per heavy atom. The molecule has 25 heavy (non-hydrogen) atoms. The monoisotopic (exact) mass is 343 g/mol. The van der Waals surface area contributed by atoms with Crippen LogP contribution in [0.5, 0.6) is 0 Å². The molecular weight excluding hydrogens is 322 g/mol. The lowest BCUT2D eigenvalue weighted by molar-refractivity contribution is -0.149. The average molecular weight is 343 g/mol. The van der Waals surface area contributed by atoms with E-state index in [1.165, 1.54) is 0 Å². The van der Waals surface area contributed by atoms with Crippen molar-refractivity contribution in [1.82, 2.24) is 4.90 Å². The van der Waals surface area contributed by atoms with E-state index in [0.29, 0.717) is 13.2 Å². The molecule has 1 aromatic heterocycles. The minimum Gasteiger partial charge on any atom is -0.481 e. The number of aryl methyl sites for hydroxylation is 2. The Morgan fingerprint density at radius 2 is 2.16 bits per heavy atom. The highest BCUT2D eigenvalue weighted by atomic mass is 16.5. The molecule has 4 rings (SSSR count). The fraction of sp³-hybridized carbons (Fsp3) is 0.474. The number of carbonyl (C=O) groups excluding carboxylic acids is 1. The molecule has 6 heteroatoms. The molecule has 2 saturated heterocycles. The number of nitrogens with zero attached hydrogens (tertiary/aromatic N) is 1. The van der Waals surface area contributed by atoms with Gasteiger partial charge in [0.25, 0.3) is 0 Å². The number of hydrogen-bond donors (Lipinski definition) is 1. The first-order valence-electron chi connectivity index (χ1n) is 8.47. The summed E-state index contributed by atoms with van der Waals surface area (Å²) in [4.78, 5) is 26.2. The van der Waals surface area contributed by atoms with Crippen LogP contribution < -0.4 is 0 Å². The molecule has 0 radical (unpaired) electrons. The number of carboxylic acids is 1. The van der Waals surface area contributed by atoms with Crippen molar-refractivity contribution in [2.24, 2.45) is 11.3 Å². The van der Waals surface area contributed by atoms with E-state index >= 15 is 0 Å². The van der Waals surface area contributed by atoms with Crippen molar-refractivity contribution in [1.29, 1.82) is 0 Å². The number of likely N-dealkylation sites (tertiary alicyclic amines) is 1. The van der Waals surface area contributed by atoms with E-state index in [4.69, 9.17) is 9.15 Å². The highest BCUT2D eigenvalue weighted by Gasteiger charge is 2.57. The third-order valence-electron chi connectivity index (χ3n) is 5.59. The van der Waals surface area contributed by atoms with Crippen molar-refractivity contribution >= 4 is 22.8 Å². The lowest BCUT2D eigenvalue weighted by Gasteiger charge is -2.22. The summed E-state index contributed by atoms with van der Waals surface area (Å²) in [6.45, 7) is 5.28. The molecule has 132 valence electrons. The molecule has 0 aliphatic carbocycles. The zero-order chi connectivity index (χ0) is 17.8. The smallest absolute Gasteiger partial charge is 0.314 e. The van der Waals surface area contributed by atoms with Crippen LogP contribution in [-0.2, 0) is 20.7 Å². The second kappa shape index (κ2) is 5.59. The van der Waals surface area contributed by atoms with Crippen LogP contribution in [0.4, 0.5) is 0 Å². The van der Waals surface area contributed by atoms with E-state index < -0.39 is 11.4 Å². The number of rotatable bonds is 3. The molecule has 2 fully saturated rings. The maximum atomic E-state index is 12.8. The predicted octanol–water partition coefficient (Wildman–Crippen LogP) is 2.15. The summed E-state index contributed by atoms with van der Waals surface area (Å²) < 4.78 is 11.0. The first-order valence-corrected chi connectivity index (χ1v) is 8.47. The van der Waals surface area contributed by atoms with Gasteiger partial charge < -0.3 is 19.2 Å². The quantitative estimate of drug-likeness (QED) is 0.924. The molecule has 1 aromatic carbocycles. The topological polar surface area (TPSA) is 80.0 Å². The van der Waals surface area contributed by atoms with Gasteiger partial charge in [-0.15, -0.1) is 0 Å². The Morgan fingerprint density at radius 3 is 2.88 bits per heavy atom. The van der Waals surface area contributed by atoms with Gasteiger partial charge in [0, 0.05) is 30.0 Å². The summed E-state index contributed by atoms with van der Waals surface area (Å²) in [5.74, 6) is -1.05. The summed E-state index contributed by atoms with van der Waals surface area (Å²) in [5.41, 5.74) is 2.90. The van der Waals surface area contributed by atoms with E-state index in [0.717, 1.165) is 27.7 Å². The number of aliphatic carboxylic acids is 1. The normalized spacial score (nSPS) is 25.5. The molecule has 6 nitrogen and oxygen atoms in total. The van der Waals surface area contributed by atoms with Gasteiger partial charge >= 0.3 is 5.97 Å². The Balaban J connectivity index is 1.57. The van der Waals surface area contributed by atoms with Crippen molar-refractivity contribution in [2.75, 3.05) is 26.3 Å². The molecule has 2 aliphatic rings. The minimum atomic E-state index is -0.943. The van der Waals surface area contributed by atoms with Gasteiger partial charge in [-0.2, -0.15) is 0 Å². The lowest BCUT2D eigenvalue weighted by Crippen LogP contribution is -2.40. The first-order chi connectivity index (χ1) is 11.9. The molecule has 3 heterocycles. The van der Waals surface area contributed by atoms with Gasteiger partial charge in [0.2, 0.25) is 5.91 Å². The van der Waals surface area contributed by atoms with Gasteiger partial charge in [0.15, 0.2) is 0 Å². The second-order valence-corrected chi connectivity index (χ2v) is 7.34. The third kappa shape index (κ3) is 2.43. The highest BCUT2D eigenvalue weighted by molar-refractivity contribution is 5.90. The molecule has 0 bridgehead atoms. The Labute approximate surface area is 145 Å². The van der Waals surface area contributed by atoms with Gasteiger partial charge in [-0.25, -0.2) is 0 Å². The molecule has 1 N–H and O–H groups in total. The predicted molar refractivity (Wildman–Crippen MR) is 90.3 cm³/mol. The Bertz CT molecular complexity index is 870. The van der Waals surface area contributed by atoms with Gasteiger partial charge in [0.05, 0.1) is 25.9 Å². The average Bonchev–Trinajstić information content (AvgIpc) is 3.19. The summed E-state index contributed by atoms with van der Waals surface area (Å²) >= 11 is 0. The van der Waals surface area contributed by atoms with E-state index in [-0.39, 0.29) is 31.4 Å². The van der Waals surface area contributed by atoms with Crippen LogP contribution >= 0.6 is 0 Å². The van der Waals surface area contributed by atoms with Crippen LogP contribution in [0.1, 0.15) is 16.7 Å². The van der Waals surface area contributed by atoms with Crippen LogP contribution in [0.25, 0.3) is 11.0 Å². The van der Waals surface area contributed by atoms with E-state index in [2.05, 4.69) is 6.07 Å². The number of carboxylic acid groups (broad SMARTS) is 1. The van der Waals surface area contributed by atoms with Crippen molar-refractivity contribution < 1.29 is 23.8 Å². The summed E-state index contributed by atoms with van der Waals surface area (Å²) in [7, 11) is 0. The summed E-state index contributed by atoms with van der Waals surface area (Å²) in [5, 5.41) is 10.6. The number of hydrogen-bond acceptors (Lipinski definition) is 4. The lowest BCUT2D eigenvalue weighted by atomic mass is 9.81. The fourth-order valence-corrected chi connectivity index (χ4v) is 4.26. The molecule has 1 amide bonds. The maximum Gasteiger partial charge on any atom is 0.314 e. The van der Waals surface area contributed by atoms with Crippen molar-refractivity contribution in [3.63, 3.8) is 0 Å². The number of ether oxygens (including phenoxy) is 1. The van der Waals surface area contributed by atoms with Crippen LogP contribution in [0, 0.1) is 25.2 Å². The number of carbonyl (C=O) groups is 2. The number of amides is 1. The van der Waals surface area contributed by atoms with Gasteiger partial charge in [0.1, 0.15) is 11.0 Å². The van der Waals surface area contributed by atoms with E-state index in [1.807, 2.05) is 19.9 Å². The number of fused-ring (bicyclic) bond motifs is 2. The highest BCUT2D eigenvalue weighted by Crippen LogP contribution is 2.41. The van der Waals surface area contributed by atoms with Gasteiger partial charge in [-0.05, 0) is 31.0 Å². The van der Waals surface area contributed by atoms with Crippen LogP contribution in [0.15, 0.2) is 22.8 Å². The van der Waals surface area contributed by atoms with Gasteiger partial charge in [-0.3, -0.25) is 9.59 Å². The zero-order valence-corrected chi connectivity index (χ0v) is 14.4. The Kier molecular flexibility index (Phi) is 3.61. The standard InChI is InChI=1S/C19H21NO5/c1-11-3-12(2)17-13(7-25-15(17)4-11)5-16(21)20-6-14-8-24-10-19(14,9-20)18(22)23/h3-4,7,14H,5-6,8-10H2,1-2H3,(H,22,23)/t14-,19-/m1/s1. The van der Waals surface area contributed by atoms with Crippen molar-refractivity contribution in [2.45, 2.75) is 20.3 Å². The van der Waals surface area contributed by atoms with Crippen molar-refractivity contribution in [3.8, 4) is 0 Å². The zero-order valence-electron chi connectivity index (χ0n) is 14.4. The molecule has 0 spiro atoms. The SMILES string of the molecule is Cc1cc(C)c2c(CC(=O)N3C[C@@H]4COC[C@]4(C(=O)O)C3)coc2c1. The maximum absolute atomic E-state index is 12.8. The second-order valence-electron chi connectivity index (χ2n) is 7.34. The Hall–Kier alpha value is -2.34. The van der Waals surface area contributed by atoms with Crippen molar-refractivity contribution in [3.05, 3.63) is 35.1 Å². The number of benzene rings is 1. The van der Waals surface area contributed by atoms with Crippen LogP contribution in [0.3, 0.4) is 0 Å². The molecule has 0 unspecified atom stereocenters. The minimum absolute atomic E-state index is 0.0577. The fourth-order valence-electron chi connectivity index (χ4n) is 4.26.